The number of nitro groups is 1. The van der Waals surface area contributed by atoms with Crippen molar-refractivity contribution in [1.29, 1.82) is 0 Å². The molecule has 1 N–H and O–H groups in total. The van der Waals surface area contributed by atoms with Crippen LogP contribution in [-0.2, 0) is 0 Å². The van der Waals surface area contributed by atoms with Crippen LogP contribution in [-0.4, -0.2) is 47.4 Å². The highest BCUT2D eigenvalue weighted by Gasteiger charge is 2.25. The zero-order valence-corrected chi connectivity index (χ0v) is 12.1. The number of nitro benzene ring substituents is 1. The predicted octanol–water partition coefficient (Wildman–Crippen LogP) is 2.22. The summed E-state index contributed by atoms with van der Waals surface area (Å²) in [7, 11) is 1.72. The maximum Gasteiger partial charge on any atom is 0.282 e. The van der Waals surface area contributed by atoms with Crippen LogP contribution in [0.15, 0.2) is 18.2 Å². The van der Waals surface area contributed by atoms with E-state index in [1.807, 2.05) is 11.8 Å². The standard InChI is InChI=1S/C13H17N3O3S/c1-14-10-3-4-12(16(18)19)11(9-10)13(17)15-5-2-7-20-8-6-15/h3-4,9,14H,2,5-8H2,1H3. The summed E-state index contributed by atoms with van der Waals surface area (Å²) in [5.74, 6) is 1.66. The molecule has 1 aromatic rings. The minimum atomic E-state index is -0.501. The molecule has 1 aliphatic rings. The van der Waals surface area contributed by atoms with Gasteiger partial charge in [-0.05, 0) is 24.3 Å². The Labute approximate surface area is 121 Å². The molecule has 1 aromatic carbocycles. The second-order valence-corrected chi connectivity index (χ2v) is 5.72. The highest BCUT2D eigenvalue weighted by atomic mass is 32.2. The second-order valence-electron chi connectivity index (χ2n) is 4.50. The number of hydrogen-bond acceptors (Lipinski definition) is 5. The number of benzene rings is 1. The molecule has 2 rings (SSSR count). The molecule has 20 heavy (non-hydrogen) atoms. The van der Waals surface area contributed by atoms with E-state index < -0.39 is 4.92 Å². The predicted molar refractivity (Wildman–Crippen MR) is 80.5 cm³/mol. The van der Waals surface area contributed by atoms with Crippen LogP contribution in [0.2, 0.25) is 0 Å². The first-order valence-corrected chi connectivity index (χ1v) is 7.62. The number of anilines is 1. The fourth-order valence-corrected chi connectivity index (χ4v) is 3.03. The maximum absolute atomic E-state index is 12.5. The number of rotatable bonds is 3. The molecule has 6 nitrogen and oxygen atoms in total. The number of amides is 1. The first-order chi connectivity index (χ1) is 9.63. The zero-order chi connectivity index (χ0) is 14.5. The van der Waals surface area contributed by atoms with Crippen molar-refractivity contribution in [2.45, 2.75) is 6.42 Å². The summed E-state index contributed by atoms with van der Waals surface area (Å²) < 4.78 is 0. The van der Waals surface area contributed by atoms with Gasteiger partial charge in [0.15, 0.2) is 0 Å². The summed E-state index contributed by atoms with van der Waals surface area (Å²) in [5, 5.41) is 14.0. The number of nitrogens with zero attached hydrogens (tertiary/aromatic N) is 2. The molecule has 1 heterocycles. The molecule has 1 saturated heterocycles. The van der Waals surface area contributed by atoms with Gasteiger partial charge >= 0.3 is 0 Å². The Morgan fingerprint density at radius 3 is 2.90 bits per heavy atom. The molecule has 0 radical (unpaired) electrons. The van der Waals surface area contributed by atoms with Gasteiger partial charge in [-0.2, -0.15) is 11.8 Å². The number of carbonyl (C=O) groups excluding carboxylic acids is 1. The summed E-state index contributed by atoms with van der Waals surface area (Å²) >= 11 is 1.81. The molecule has 1 fully saturated rings. The van der Waals surface area contributed by atoms with E-state index in [2.05, 4.69) is 5.32 Å². The number of nitrogens with one attached hydrogen (secondary N) is 1. The molecule has 0 aliphatic carbocycles. The van der Waals surface area contributed by atoms with E-state index in [1.165, 1.54) is 6.07 Å². The number of carbonyl (C=O) groups is 1. The van der Waals surface area contributed by atoms with Crippen molar-refractivity contribution in [2.75, 3.05) is 37.0 Å². The van der Waals surface area contributed by atoms with Crippen LogP contribution in [0.5, 0.6) is 0 Å². The minimum Gasteiger partial charge on any atom is -0.388 e. The Morgan fingerprint density at radius 1 is 1.40 bits per heavy atom. The van der Waals surface area contributed by atoms with Crippen molar-refractivity contribution in [3.05, 3.63) is 33.9 Å². The topological polar surface area (TPSA) is 75.5 Å². The highest BCUT2D eigenvalue weighted by Crippen LogP contribution is 2.25. The Morgan fingerprint density at radius 2 is 2.20 bits per heavy atom. The van der Waals surface area contributed by atoms with Gasteiger partial charge in [0.1, 0.15) is 5.56 Å². The van der Waals surface area contributed by atoms with Crippen molar-refractivity contribution in [2.24, 2.45) is 0 Å². The lowest BCUT2D eigenvalue weighted by atomic mass is 10.1. The Balaban J connectivity index is 2.33. The van der Waals surface area contributed by atoms with Crippen molar-refractivity contribution < 1.29 is 9.72 Å². The summed E-state index contributed by atoms with van der Waals surface area (Å²) in [5.41, 5.74) is 0.725. The summed E-state index contributed by atoms with van der Waals surface area (Å²) in [6.07, 6.45) is 0.927. The van der Waals surface area contributed by atoms with Crippen LogP contribution in [0.4, 0.5) is 11.4 Å². The normalized spacial score (nSPS) is 15.6. The lowest BCUT2D eigenvalue weighted by Crippen LogP contribution is -2.33. The molecule has 0 saturated carbocycles. The van der Waals surface area contributed by atoms with Crippen LogP contribution in [0.25, 0.3) is 0 Å². The summed E-state index contributed by atoms with van der Waals surface area (Å²) in [6.45, 7) is 1.30. The fourth-order valence-electron chi connectivity index (χ4n) is 2.14. The van der Waals surface area contributed by atoms with Gasteiger partial charge in [-0.15, -0.1) is 0 Å². The third-order valence-corrected chi connectivity index (χ3v) is 4.27. The van der Waals surface area contributed by atoms with Gasteiger partial charge in [0.25, 0.3) is 11.6 Å². The summed E-state index contributed by atoms with van der Waals surface area (Å²) in [4.78, 5) is 24.8. The molecule has 0 unspecified atom stereocenters. The number of hydrogen-bond donors (Lipinski definition) is 1. The van der Waals surface area contributed by atoms with Gasteiger partial charge in [0, 0.05) is 37.6 Å². The van der Waals surface area contributed by atoms with E-state index in [0.29, 0.717) is 18.8 Å². The molecule has 1 amide bonds. The van der Waals surface area contributed by atoms with Gasteiger partial charge in [-0.3, -0.25) is 14.9 Å². The highest BCUT2D eigenvalue weighted by molar-refractivity contribution is 7.99. The maximum atomic E-state index is 12.5. The van der Waals surface area contributed by atoms with Crippen molar-refractivity contribution in [3.8, 4) is 0 Å². The molecule has 0 spiro atoms. The van der Waals surface area contributed by atoms with E-state index in [-0.39, 0.29) is 17.2 Å². The molecule has 0 bridgehead atoms. The van der Waals surface area contributed by atoms with Crippen LogP contribution in [0.1, 0.15) is 16.8 Å². The van der Waals surface area contributed by atoms with E-state index in [0.717, 1.165) is 17.9 Å². The van der Waals surface area contributed by atoms with Gasteiger partial charge < -0.3 is 10.2 Å². The SMILES string of the molecule is CNc1ccc([N+](=O)[O-])c(C(=O)N2CCCSCC2)c1. The molecular weight excluding hydrogens is 278 g/mol. The quantitative estimate of drug-likeness (QED) is 0.683. The van der Waals surface area contributed by atoms with Crippen LogP contribution in [0, 0.1) is 10.1 Å². The molecule has 1 aliphatic heterocycles. The number of thioether (sulfide) groups is 1. The first-order valence-electron chi connectivity index (χ1n) is 6.46. The Bertz CT molecular complexity index is 514. The van der Waals surface area contributed by atoms with E-state index in [1.54, 1.807) is 24.1 Å². The van der Waals surface area contributed by atoms with E-state index in [4.69, 9.17) is 0 Å². The van der Waals surface area contributed by atoms with Gasteiger partial charge in [-0.25, -0.2) is 0 Å². The third-order valence-electron chi connectivity index (χ3n) is 3.22. The zero-order valence-electron chi connectivity index (χ0n) is 11.3. The van der Waals surface area contributed by atoms with Crippen LogP contribution >= 0.6 is 11.8 Å². The Kier molecular flexibility index (Phi) is 4.84. The van der Waals surface area contributed by atoms with Crippen molar-refractivity contribution in [3.63, 3.8) is 0 Å². The van der Waals surface area contributed by atoms with Crippen LogP contribution < -0.4 is 5.32 Å². The first kappa shape index (κ1) is 14.6. The monoisotopic (exact) mass is 295 g/mol. The lowest BCUT2D eigenvalue weighted by molar-refractivity contribution is -0.385. The summed E-state index contributed by atoms with van der Waals surface area (Å²) in [6, 6.07) is 4.54. The molecular formula is C13H17N3O3S. The average Bonchev–Trinajstić information content (AvgIpc) is 2.74. The molecule has 0 aromatic heterocycles. The molecule has 0 atom stereocenters. The second kappa shape index (κ2) is 6.60. The molecule has 108 valence electrons. The fraction of sp³-hybridized carbons (Fsp3) is 0.462. The van der Waals surface area contributed by atoms with E-state index in [9.17, 15) is 14.9 Å². The minimum absolute atomic E-state index is 0.133. The molecule has 7 heteroatoms. The van der Waals surface area contributed by atoms with Crippen molar-refractivity contribution in [1.82, 2.24) is 4.90 Å². The third kappa shape index (κ3) is 3.22. The average molecular weight is 295 g/mol. The van der Waals surface area contributed by atoms with Crippen molar-refractivity contribution >= 4 is 29.0 Å². The smallest absolute Gasteiger partial charge is 0.282 e. The Hall–Kier alpha value is -1.76. The largest absolute Gasteiger partial charge is 0.388 e. The van der Waals surface area contributed by atoms with Crippen LogP contribution in [0.3, 0.4) is 0 Å². The lowest BCUT2D eigenvalue weighted by Gasteiger charge is -2.20. The van der Waals surface area contributed by atoms with Gasteiger partial charge in [-0.1, -0.05) is 0 Å². The van der Waals surface area contributed by atoms with E-state index >= 15 is 0 Å². The van der Waals surface area contributed by atoms with Gasteiger partial charge in [0.2, 0.25) is 0 Å². The van der Waals surface area contributed by atoms with Gasteiger partial charge in [0.05, 0.1) is 4.92 Å².